The first-order chi connectivity index (χ1) is 9.43. The van der Waals surface area contributed by atoms with Crippen LogP contribution in [0, 0.1) is 6.92 Å². The highest BCUT2D eigenvalue weighted by Gasteiger charge is 2.17. The molecule has 1 aromatic heterocycles. The van der Waals surface area contributed by atoms with Crippen molar-refractivity contribution in [3.63, 3.8) is 0 Å². The van der Waals surface area contributed by atoms with Gasteiger partial charge in [0.05, 0.1) is 29.9 Å². The number of hydrogen-bond acceptors (Lipinski definition) is 4. The quantitative estimate of drug-likeness (QED) is 0.694. The van der Waals surface area contributed by atoms with Gasteiger partial charge in [-0.15, -0.1) is 0 Å². The van der Waals surface area contributed by atoms with E-state index in [4.69, 9.17) is 22.1 Å². The van der Waals surface area contributed by atoms with E-state index in [-0.39, 0.29) is 12.2 Å². The number of benzene rings is 1. The number of halogens is 1. The number of nitrogens with zero attached hydrogens (tertiary/aromatic N) is 2. The minimum absolute atomic E-state index is 0.102. The van der Waals surface area contributed by atoms with Gasteiger partial charge in [0.25, 0.3) is 0 Å². The SMILES string of the molecule is COc1ccc(C(=O)Cc2c(Cl)c(C)nn2C)c(N)c1. The Morgan fingerprint density at radius 1 is 1.50 bits per heavy atom. The Balaban J connectivity index is 2.28. The zero-order valence-corrected chi connectivity index (χ0v) is 12.4. The Morgan fingerprint density at radius 3 is 2.70 bits per heavy atom. The first-order valence-electron chi connectivity index (χ1n) is 6.08. The van der Waals surface area contributed by atoms with Crippen LogP contribution in [0.1, 0.15) is 21.7 Å². The van der Waals surface area contributed by atoms with Crippen molar-refractivity contribution in [3.05, 3.63) is 40.2 Å². The van der Waals surface area contributed by atoms with Gasteiger partial charge in [-0.3, -0.25) is 9.48 Å². The fourth-order valence-corrected chi connectivity index (χ4v) is 2.27. The molecule has 0 aliphatic carbocycles. The number of aromatic nitrogens is 2. The van der Waals surface area contributed by atoms with Crippen LogP contribution in [-0.2, 0) is 13.5 Å². The van der Waals surface area contributed by atoms with Crippen LogP contribution in [0.15, 0.2) is 18.2 Å². The maximum atomic E-state index is 12.3. The van der Waals surface area contributed by atoms with Crippen molar-refractivity contribution in [1.29, 1.82) is 0 Å². The highest BCUT2D eigenvalue weighted by molar-refractivity contribution is 6.32. The number of rotatable bonds is 4. The van der Waals surface area contributed by atoms with Gasteiger partial charge in [-0.1, -0.05) is 11.6 Å². The number of nitrogens with two attached hydrogens (primary N) is 1. The molecule has 0 aliphatic rings. The molecule has 0 radical (unpaired) electrons. The molecule has 5 nitrogen and oxygen atoms in total. The molecule has 1 aromatic carbocycles. The van der Waals surface area contributed by atoms with Crippen molar-refractivity contribution < 1.29 is 9.53 Å². The predicted molar refractivity (Wildman–Crippen MR) is 78.4 cm³/mol. The van der Waals surface area contributed by atoms with Crippen LogP contribution in [0.2, 0.25) is 5.02 Å². The molecule has 0 bridgehead atoms. The molecule has 0 unspecified atom stereocenters. The molecule has 6 heteroatoms. The number of nitrogen functional groups attached to an aromatic ring is 1. The van der Waals surface area contributed by atoms with E-state index in [0.717, 1.165) is 0 Å². The summed E-state index contributed by atoms with van der Waals surface area (Å²) in [7, 11) is 3.31. The highest BCUT2D eigenvalue weighted by Crippen LogP contribution is 2.24. The van der Waals surface area contributed by atoms with E-state index in [9.17, 15) is 4.79 Å². The van der Waals surface area contributed by atoms with Gasteiger partial charge in [-0.05, 0) is 19.1 Å². The summed E-state index contributed by atoms with van der Waals surface area (Å²) in [4.78, 5) is 12.3. The third-order valence-electron chi connectivity index (χ3n) is 3.15. The summed E-state index contributed by atoms with van der Waals surface area (Å²) >= 11 is 6.15. The lowest BCUT2D eigenvalue weighted by molar-refractivity contribution is 0.0991. The summed E-state index contributed by atoms with van der Waals surface area (Å²) in [6.45, 7) is 1.80. The maximum Gasteiger partial charge on any atom is 0.170 e. The van der Waals surface area contributed by atoms with Gasteiger partial charge in [-0.2, -0.15) is 5.10 Å². The normalized spacial score (nSPS) is 10.6. The number of carbonyl (C=O) groups excluding carboxylic acids is 1. The van der Waals surface area contributed by atoms with Crippen molar-refractivity contribution >= 4 is 23.1 Å². The number of hydrogen-bond donors (Lipinski definition) is 1. The molecule has 0 spiro atoms. The molecule has 0 saturated carbocycles. The van der Waals surface area contributed by atoms with Gasteiger partial charge in [0, 0.05) is 24.4 Å². The molecule has 1 heterocycles. The number of ether oxygens (including phenoxy) is 1. The smallest absolute Gasteiger partial charge is 0.170 e. The molecule has 0 amide bonds. The summed E-state index contributed by atoms with van der Waals surface area (Å²) in [6, 6.07) is 5.00. The molecule has 2 N–H and O–H groups in total. The molecule has 20 heavy (non-hydrogen) atoms. The van der Waals surface area contributed by atoms with E-state index in [1.807, 2.05) is 0 Å². The zero-order chi connectivity index (χ0) is 14.9. The number of anilines is 1. The van der Waals surface area contributed by atoms with E-state index < -0.39 is 0 Å². The van der Waals surface area contributed by atoms with Crippen molar-refractivity contribution in [2.24, 2.45) is 7.05 Å². The topological polar surface area (TPSA) is 70.1 Å². The van der Waals surface area contributed by atoms with Crippen LogP contribution in [0.4, 0.5) is 5.69 Å². The van der Waals surface area contributed by atoms with E-state index in [2.05, 4.69) is 5.10 Å². The van der Waals surface area contributed by atoms with E-state index in [0.29, 0.717) is 33.4 Å². The van der Waals surface area contributed by atoms with Crippen LogP contribution in [0.5, 0.6) is 5.75 Å². The lowest BCUT2D eigenvalue weighted by Gasteiger charge is -2.07. The van der Waals surface area contributed by atoms with E-state index >= 15 is 0 Å². The van der Waals surface area contributed by atoms with Crippen molar-refractivity contribution in [2.75, 3.05) is 12.8 Å². The zero-order valence-electron chi connectivity index (χ0n) is 11.6. The van der Waals surface area contributed by atoms with Crippen molar-refractivity contribution in [1.82, 2.24) is 9.78 Å². The first-order valence-corrected chi connectivity index (χ1v) is 6.46. The van der Waals surface area contributed by atoms with E-state index in [1.54, 1.807) is 44.0 Å². The molecule has 2 aromatic rings. The van der Waals surface area contributed by atoms with Gasteiger partial charge in [0.1, 0.15) is 5.75 Å². The summed E-state index contributed by atoms with van der Waals surface area (Å²) in [5.41, 5.74) is 8.12. The number of ketones is 1. The number of carbonyl (C=O) groups is 1. The van der Waals surface area contributed by atoms with Crippen LogP contribution in [0.3, 0.4) is 0 Å². The second-order valence-electron chi connectivity index (χ2n) is 4.52. The Kier molecular flexibility index (Phi) is 3.99. The molecule has 0 saturated heterocycles. The van der Waals surface area contributed by atoms with Crippen LogP contribution >= 0.6 is 11.6 Å². The Labute approximate surface area is 122 Å². The fourth-order valence-electron chi connectivity index (χ4n) is 2.04. The monoisotopic (exact) mass is 293 g/mol. The molecular weight excluding hydrogens is 278 g/mol. The Hall–Kier alpha value is -2.01. The van der Waals surface area contributed by atoms with Gasteiger partial charge in [0.15, 0.2) is 5.78 Å². The Bertz CT molecular complexity index is 665. The Morgan fingerprint density at radius 2 is 2.20 bits per heavy atom. The minimum atomic E-state index is -0.102. The van der Waals surface area contributed by atoms with Gasteiger partial charge >= 0.3 is 0 Å². The highest BCUT2D eigenvalue weighted by atomic mass is 35.5. The lowest BCUT2D eigenvalue weighted by atomic mass is 10.0. The van der Waals surface area contributed by atoms with Crippen molar-refractivity contribution in [2.45, 2.75) is 13.3 Å². The molecule has 0 aliphatic heterocycles. The minimum Gasteiger partial charge on any atom is -0.497 e. The molecule has 2 rings (SSSR count). The second-order valence-corrected chi connectivity index (χ2v) is 4.90. The second kappa shape index (κ2) is 5.54. The third kappa shape index (κ3) is 2.63. The lowest BCUT2D eigenvalue weighted by Crippen LogP contribution is -2.10. The number of Topliss-reactive ketones (excluding diaryl/α,β-unsaturated/α-hetero) is 1. The van der Waals surface area contributed by atoms with Gasteiger partial charge in [0.2, 0.25) is 0 Å². The average molecular weight is 294 g/mol. The molecule has 0 fully saturated rings. The predicted octanol–water partition coefficient (Wildman–Crippen LogP) is 2.40. The van der Waals surface area contributed by atoms with Gasteiger partial charge < -0.3 is 10.5 Å². The molecule has 0 atom stereocenters. The summed E-state index contributed by atoms with van der Waals surface area (Å²) in [5, 5.41) is 4.71. The first kappa shape index (κ1) is 14.4. The third-order valence-corrected chi connectivity index (χ3v) is 3.64. The average Bonchev–Trinajstić information content (AvgIpc) is 2.65. The standard InChI is InChI=1S/C14H16ClN3O2/c1-8-14(15)12(18(2)17-8)7-13(19)10-5-4-9(20-3)6-11(10)16/h4-6H,7,16H2,1-3H3. The van der Waals surface area contributed by atoms with Crippen molar-refractivity contribution in [3.8, 4) is 5.75 Å². The molecular formula is C14H16ClN3O2. The maximum absolute atomic E-state index is 12.3. The van der Waals surface area contributed by atoms with Gasteiger partial charge in [-0.25, -0.2) is 0 Å². The van der Waals surface area contributed by atoms with E-state index in [1.165, 1.54) is 0 Å². The summed E-state index contributed by atoms with van der Waals surface area (Å²) in [6.07, 6.45) is 0.159. The van der Waals surface area contributed by atoms with Crippen LogP contribution in [0.25, 0.3) is 0 Å². The van der Waals surface area contributed by atoms with Crippen LogP contribution in [-0.4, -0.2) is 22.7 Å². The number of aryl methyl sites for hydroxylation is 2. The summed E-state index contributed by atoms with van der Waals surface area (Å²) in [5.74, 6) is 0.517. The molecule has 106 valence electrons. The van der Waals surface area contributed by atoms with Crippen LogP contribution < -0.4 is 10.5 Å². The summed E-state index contributed by atoms with van der Waals surface area (Å²) < 4.78 is 6.68. The fraction of sp³-hybridized carbons (Fsp3) is 0.286. The number of methoxy groups -OCH3 is 1. The largest absolute Gasteiger partial charge is 0.497 e.